The number of hydrogen-bond acceptors (Lipinski definition) is 7. The van der Waals surface area contributed by atoms with Crippen LogP contribution in [0.1, 0.15) is 32.0 Å². The summed E-state index contributed by atoms with van der Waals surface area (Å²) in [5, 5.41) is 9.90. The van der Waals surface area contributed by atoms with Crippen LogP contribution in [0.2, 0.25) is 0 Å². The summed E-state index contributed by atoms with van der Waals surface area (Å²) in [6.45, 7) is 3.53. The quantitative estimate of drug-likeness (QED) is 0.388. The van der Waals surface area contributed by atoms with E-state index in [4.69, 9.17) is 0 Å². The lowest BCUT2D eigenvalue weighted by Crippen LogP contribution is -2.35. The van der Waals surface area contributed by atoms with Gasteiger partial charge in [-0.2, -0.15) is 4.31 Å². The van der Waals surface area contributed by atoms with E-state index in [1.54, 1.807) is 21.0 Å². The molecular formula is C22H24N6O3S2. The largest absolute Gasteiger partial charge is 0.277 e. The van der Waals surface area contributed by atoms with Crippen LogP contribution in [0.4, 0.5) is 0 Å². The SMILES string of the molecule is CCn1c(=O)c2ccccc2n2c(CSc3ccc(S(=O)(=O)N4CCCCC4)cn3)nnc12. The van der Waals surface area contributed by atoms with Crippen molar-refractivity contribution >= 4 is 38.5 Å². The molecular weight excluding hydrogens is 460 g/mol. The molecule has 0 N–H and O–H groups in total. The Morgan fingerprint density at radius 1 is 1.03 bits per heavy atom. The Kier molecular flexibility index (Phi) is 5.94. The fourth-order valence-corrected chi connectivity index (χ4v) is 6.41. The molecule has 4 heterocycles. The van der Waals surface area contributed by atoms with Crippen LogP contribution in [0.15, 0.2) is 57.3 Å². The number of pyridine rings is 1. The molecule has 1 saturated heterocycles. The molecule has 5 rings (SSSR count). The third kappa shape index (κ3) is 3.94. The van der Waals surface area contributed by atoms with E-state index in [1.165, 1.54) is 18.0 Å². The first-order valence-corrected chi connectivity index (χ1v) is 13.4. The topological polar surface area (TPSA) is 102 Å². The lowest BCUT2D eigenvalue weighted by Gasteiger charge is -2.25. The fourth-order valence-electron chi connectivity index (χ4n) is 4.19. The van der Waals surface area contributed by atoms with E-state index >= 15 is 0 Å². The van der Waals surface area contributed by atoms with Crippen LogP contribution in [-0.2, 0) is 22.3 Å². The number of piperidine rings is 1. The molecule has 0 aliphatic carbocycles. The minimum absolute atomic E-state index is 0.0839. The number of rotatable bonds is 6. The monoisotopic (exact) mass is 484 g/mol. The van der Waals surface area contributed by atoms with Crippen molar-refractivity contribution in [2.75, 3.05) is 13.1 Å². The zero-order chi connectivity index (χ0) is 23.0. The Morgan fingerprint density at radius 3 is 2.55 bits per heavy atom. The second-order valence-corrected chi connectivity index (χ2v) is 10.8. The van der Waals surface area contributed by atoms with E-state index in [0.29, 0.717) is 47.4 Å². The van der Waals surface area contributed by atoms with Gasteiger partial charge in [0.05, 0.1) is 21.7 Å². The maximum absolute atomic E-state index is 12.8. The molecule has 3 aromatic heterocycles. The number of benzene rings is 1. The third-order valence-corrected chi connectivity index (χ3v) is 8.72. The maximum Gasteiger partial charge on any atom is 0.262 e. The molecule has 0 spiro atoms. The standard InChI is InChI=1S/C22H24N6O3S2/c1-2-27-21(29)17-8-4-5-9-18(17)28-19(24-25-22(27)28)15-32-20-11-10-16(14-23-20)33(30,31)26-12-6-3-7-13-26/h4-5,8-11,14H,2-3,6-7,12-13,15H2,1H3. The highest BCUT2D eigenvalue weighted by atomic mass is 32.2. The van der Waals surface area contributed by atoms with E-state index in [-0.39, 0.29) is 10.5 Å². The highest BCUT2D eigenvalue weighted by molar-refractivity contribution is 7.98. The van der Waals surface area contributed by atoms with E-state index < -0.39 is 10.0 Å². The summed E-state index contributed by atoms with van der Waals surface area (Å²) in [5.41, 5.74) is 0.679. The predicted molar refractivity (Wildman–Crippen MR) is 127 cm³/mol. The molecule has 0 bridgehead atoms. The molecule has 1 aliphatic heterocycles. The van der Waals surface area contributed by atoms with Crippen molar-refractivity contribution in [3.8, 4) is 0 Å². The summed E-state index contributed by atoms with van der Waals surface area (Å²) in [7, 11) is -3.50. The Morgan fingerprint density at radius 2 is 1.82 bits per heavy atom. The van der Waals surface area contributed by atoms with Gasteiger partial charge in [0.15, 0.2) is 0 Å². The number of thioether (sulfide) groups is 1. The summed E-state index contributed by atoms with van der Waals surface area (Å²) >= 11 is 1.44. The first-order valence-electron chi connectivity index (χ1n) is 11.0. The molecule has 1 fully saturated rings. The zero-order valence-electron chi connectivity index (χ0n) is 18.2. The van der Waals surface area contributed by atoms with Crippen LogP contribution >= 0.6 is 11.8 Å². The Balaban J connectivity index is 1.42. The lowest BCUT2D eigenvalue weighted by atomic mass is 10.2. The Bertz CT molecular complexity index is 1470. The van der Waals surface area contributed by atoms with Crippen molar-refractivity contribution in [1.82, 2.24) is 28.5 Å². The van der Waals surface area contributed by atoms with Gasteiger partial charge in [-0.25, -0.2) is 13.4 Å². The van der Waals surface area contributed by atoms with Crippen molar-refractivity contribution < 1.29 is 8.42 Å². The second kappa shape index (κ2) is 8.88. The second-order valence-electron chi connectivity index (χ2n) is 7.90. The highest BCUT2D eigenvalue weighted by Gasteiger charge is 2.26. The molecule has 1 aliphatic rings. The number of fused-ring (bicyclic) bond motifs is 3. The van der Waals surface area contributed by atoms with Gasteiger partial charge in [-0.05, 0) is 44.0 Å². The summed E-state index contributed by atoms with van der Waals surface area (Å²) in [4.78, 5) is 17.4. The average Bonchev–Trinajstić information content (AvgIpc) is 3.28. The zero-order valence-corrected chi connectivity index (χ0v) is 19.8. The molecule has 1 aromatic carbocycles. The van der Waals surface area contributed by atoms with Crippen LogP contribution in [0.25, 0.3) is 16.7 Å². The highest BCUT2D eigenvalue weighted by Crippen LogP contribution is 2.25. The molecule has 0 amide bonds. The fraction of sp³-hybridized carbons (Fsp3) is 0.364. The van der Waals surface area contributed by atoms with Gasteiger partial charge >= 0.3 is 0 Å². The molecule has 172 valence electrons. The molecule has 0 radical (unpaired) electrons. The first-order chi connectivity index (χ1) is 16.0. The van der Waals surface area contributed by atoms with Crippen molar-refractivity contribution in [3.05, 3.63) is 58.8 Å². The normalized spacial score (nSPS) is 15.4. The van der Waals surface area contributed by atoms with Crippen LogP contribution < -0.4 is 5.56 Å². The van der Waals surface area contributed by atoms with Crippen molar-refractivity contribution in [3.63, 3.8) is 0 Å². The van der Waals surface area contributed by atoms with Gasteiger partial charge in [0.2, 0.25) is 15.8 Å². The number of sulfonamides is 1. The number of hydrogen-bond donors (Lipinski definition) is 0. The first kappa shape index (κ1) is 22.1. The number of nitrogens with zero attached hydrogens (tertiary/aromatic N) is 6. The van der Waals surface area contributed by atoms with Gasteiger partial charge in [0, 0.05) is 25.8 Å². The van der Waals surface area contributed by atoms with Crippen LogP contribution in [-0.4, -0.2) is 50.0 Å². The van der Waals surface area contributed by atoms with Gasteiger partial charge in [-0.3, -0.25) is 13.8 Å². The van der Waals surface area contributed by atoms with Crippen molar-refractivity contribution in [1.29, 1.82) is 0 Å². The molecule has 4 aromatic rings. The Hall–Kier alpha value is -2.76. The van der Waals surface area contributed by atoms with E-state index in [1.807, 2.05) is 35.6 Å². The van der Waals surface area contributed by atoms with E-state index in [0.717, 1.165) is 24.8 Å². The van der Waals surface area contributed by atoms with Gasteiger partial charge < -0.3 is 0 Å². The smallest absolute Gasteiger partial charge is 0.262 e. The molecule has 0 unspecified atom stereocenters. The van der Waals surface area contributed by atoms with Crippen LogP contribution in [0, 0.1) is 0 Å². The van der Waals surface area contributed by atoms with Crippen molar-refractivity contribution in [2.45, 2.75) is 48.4 Å². The van der Waals surface area contributed by atoms with Crippen LogP contribution in [0.5, 0.6) is 0 Å². The predicted octanol–water partition coefficient (Wildman–Crippen LogP) is 2.93. The molecule has 0 atom stereocenters. The number of aromatic nitrogens is 5. The lowest BCUT2D eigenvalue weighted by molar-refractivity contribution is 0.346. The maximum atomic E-state index is 12.8. The average molecular weight is 485 g/mol. The summed E-state index contributed by atoms with van der Waals surface area (Å²) in [6.07, 6.45) is 4.29. The molecule has 11 heteroatoms. The van der Waals surface area contributed by atoms with Crippen LogP contribution in [0.3, 0.4) is 0 Å². The molecule has 9 nitrogen and oxygen atoms in total. The number of para-hydroxylation sites is 1. The minimum Gasteiger partial charge on any atom is -0.277 e. The Labute approximate surface area is 195 Å². The van der Waals surface area contributed by atoms with Gasteiger partial charge in [0.25, 0.3) is 5.56 Å². The molecule has 0 saturated carbocycles. The van der Waals surface area contributed by atoms with Gasteiger partial charge in [-0.15, -0.1) is 10.2 Å². The van der Waals surface area contributed by atoms with Gasteiger partial charge in [0.1, 0.15) is 10.7 Å². The van der Waals surface area contributed by atoms with Gasteiger partial charge in [-0.1, -0.05) is 30.3 Å². The third-order valence-electron chi connectivity index (χ3n) is 5.90. The van der Waals surface area contributed by atoms with Crippen molar-refractivity contribution in [2.24, 2.45) is 0 Å². The minimum atomic E-state index is -3.50. The van der Waals surface area contributed by atoms with E-state index in [9.17, 15) is 13.2 Å². The molecule has 33 heavy (non-hydrogen) atoms. The van der Waals surface area contributed by atoms with E-state index in [2.05, 4.69) is 15.2 Å². The summed E-state index contributed by atoms with van der Waals surface area (Å²) in [5.74, 6) is 1.67. The number of aryl methyl sites for hydroxylation is 1. The summed E-state index contributed by atoms with van der Waals surface area (Å²) in [6, 6.07) is 10.8. The summed E-state index contributed by atoms with van der Waals surface area (Å²) < 4.78 is 30.7.